The van der Waals surface area contributed by atoms with Crippen molar-refractivity contribution in [1.82, 2.24) is 4.72 Å². The van der Waals surface area contributed by atoms with Crippen LogP contribution in [0.5, 0.6) is 0 Å². The molecule has 0 unspecified atom stereocenters. The van der Waals surface area contributed by atoms with Crippen LogP contribution >= 0.6 is 11.3 Å². The maximum absolute atomic E-state index is 12.3. The first-order valence-electron chi connectivity index (χ1n) is 7.90. The molecular formula is C17H24N4O2S2. The third-order valence-corrected chi connectivity index (χ3v) is 6.43. The van der Waals surface area contributed by atoms with Crippen molar-refractivity contribution in [2.75, 3.05) is 18.4 Å². The third kappa shape index (κ3) is 5.29. The molecule has 0 aliphatic rings. The van der Waals surface area contributed by atoms with Crippen LogP contribution in [0.25, 0.3) is 0 Å². The Hall–Kier alpha value is -1.90. The quantitative estimate of drug-likeness (QED) is 0.408. The highest BCUT2D eigenvalue weighted by atomic mass is 32.2. The van der Waals surface area contributed by atoms with Crippen LogP contribution in [0.2, 0.25) is 0 Å². The van der Waals surface area contributed by atoms with Crippen molar-refractivity contribution in [2.24, 2.45) is 10.7 Å². The predicted molar refractivity (Wildman–Crippen MR) is 105 cm³/mol. The van der Waals surface area contributed by atoms with Gasteiger partial charge in [-0.15, -0.1) is 11.3 Å². The molecule has 8 heteroatoms. The van der Waals surface area contributed by atoms with E-state index in [-0.39, 0.29) is 19.0 Å². The normalized spacial score (nSPS) is 12.4. The van der Waals surface area contributed by atoms with E-state index in [9.17, 15) is 8.42 Å². The van der Waals surface area contributed by atoms with Crippen LogP contribution in [0.15, 0.2) is 34.2 Å². The minimum atomic E-state index is -3.51. The SMILES string of the molecule is Cc1cc(S(=O)(=O)NCCN=C(N)Nc2ccc(C)c(C)c2)c(C)s1. The first kappa shape index (κ1) is 19.4. The summed E-state index contributed by atoms with van der Waals surface area (Å²) in [5.41, 5.74) is 9.06. The molecule has 4 N–H and O–H groups in total. The number of aryl methyl sites for hydroxylation is 4. The van der Waals surface area contributed by atoms with Crippen LogP contribution in [0.1, 0.15) is 20.9 Å². The van der Waals surface area contributed by atoms with Gasteiger partial charge in [0.1, 0.15) is 0 Å². The molecule has 0 bridgehead atoms. The molecule has 136 valence electrons. The minimum Gasteiger partial charge on any atom is -0.370 e. The van der Waals surface area contributed by atoms with Gasteiger partial charge in [-0.3, -0.25) is 4.99 Å². The Labute approximate surface area is 153 Å². The van der Waals surface area contributed by atoms with Gasteiger partial charge in [0.25, 0.3) is 0 Å². The molecule has 0 saturated carbocycles. The fourth-order valence-electron chi connectivity index (χ4n) is 2.31. The van der Waals surface area contributed by atoms with Gasteiger partial charge in [-0.1, -0.05) is 6.07 Å². The standard InChI is InChI=1S/C17H24N4O2S2/c1-11-5-6-15(9-12(11)2)21-17(18)19-7-8-20-25(22,23)16-10-13(3)24-14(16)4/h5-6,9-10,20H,7-8H2,1-4H3,(H3,18,19,21). The zero-order valence-corrected chi connectivity index (χ0v) is 16.5. The van der Waals surface area contributed by atoms with Crippen molar-refractivity contribution < 1.29 is 8.42 Å². The third-order valence-electron chi connectivity index (χ3n) is 3.75. The zero-order valence-electron chi connectivity index (χ0n) is 14.9. The number of nitrogens with zero attached hydrogens (tertiary/aromatic N) is 1. The summed E-state index contributed by atoms with van der Waals surface area (Å²) in [6.45, 7) is 8.20. The molecule has 0 amide bonds. The minimum absolute atomic E-state index is 0.186. The highest BCUT2D eigenvalue weighted by Crippen LogP contribution is 2.24. The number of benzene rings is 1. The second-order valence-corrected chi connectivity index (χ2v) is 9.06. The lowest BCUT2D eigenvalue weighted by molar-refractivity contribution is 0.582. The summed E-state index contributed by atoms with van der Waals surface area (Å²) >= 11 is 1.47. The van der Waals surface area contributed by atoms with Crippen molar-refractivity contribution in [3.8, 4) is 0 Å². The van der Waals surface area contributed by atoms with E-state index in [1.807, 2.05) is 39.0 Å². The number of aliphatic imine (C=N–C) groups is 1. The fourth-order valence-corrected chi connectivity index (χ4v) is 4.89. The number of thiophene rings is 1. The lowest BCUT2D eigenvalue weighted by atomic mass is 10.1. The Bertz CT molecular complexity index is 886. The van der Waals surface area contributed by atoms with Gasteiger partial charge in [-0.05, 0) is 57.0 Å². The molecule has 0 atom stereocenters. The van der Waals surface area contributed by atoms with Crippen molar-refractivity contribution in [3.63, 3.8) is 0 Å². The number of nitrogens with two attached hydrogens (primary N) is 1. The number of hydrogen-bond acceptors (Lipinski definition) is 4. The summed E-state index contributed by atoms with van der Waals surface area (Å²) < 4.78 is 27.1. The van der Waals surface area contributed by atoms with E-state index < -0.39 is 10.0 Å². The molecule has 0 aliphatic carbocycles. The second-order valence-electron chi connectivity index (χ2n) is 5.87. The Morgan fingerprint density at radius 1 is 1.16 bits per heavy atom. The first-order chi connectivity index (χ1) is 11.7. The Morgan fingerprint density at radius 2 is 1.88 bits per heavy atom. The van der Waals surface area contributed by atoms with E-state index in [1.54, 1.807) is 13.0 Å². The molecule has 0 fully saturated rings. The largest absolute Gasteiger partial charge is 0.370 e. The summed E-state index contributed by atoms with van der Waals surface area (Å²) in [6, 6.07) is 7.60. The molecule has 0 aliphatic heterocycles. The number of hydrogen-bond donors (Lipinski definition) is 3. The summed E-state index contributed by atoms with van der Waals surface area (Å²) in [4.78, 5) is 6.24. The van der Waals surface area contributed by atoms with Crippen molar-refractivity contribution in [2.45, 2.75) is 32.6 Å². The van der Waals surface area contributed by atoms with Gasteiger partial charge in [0, 0.05) is 22.0 Å². The lowest BCUT2D eigenvalue weighted by Crippen LogP contribution is -2.28. The van der Waals surface area contributed by atoms with Gasteiger partial charge in [0.15, 0.2) is 5.96 Å². The van der Waals surface area contributed by atoms with E-state index in [2.05, 4.69) is 15.0 Å². The van der Waals surface area contributed by atoms with Gasteiger partial charge in [0.05, 0.1) is 11.4 Å². The molecule has 25 heavy (non-hydrogen) atoms. The second kappa shape index (κ2) is 7.99. The monoisotopic (exact) mass is 380 g/mol. The maximum Gasteiger partial charge on any atom is 0.241 e. The Balaban J connectivity index is 1.89. The predicted octanol–water partition coefficient (Wildman–Crippen LogP) is 2.69. The average Bonchev–Trinajstić information content (AvgIpc) is 2.87. The number of guanidine groups is 1. The van der Waals surface area contributed by atoms with Gasteiger partial charge < -0.3 is 11.1 Å². The van der Waals surface area contributed by atoms with Gasteiger partial charge in [-0.25, -0.2) is 13.1 Å². The molecule has 2 aromatic rings. The Morgan fingerprint density at radius 3 is 2.48 bits per heavy atom. The van der Waals surface area contributed by atoms with E-state index >= 15 is 0 Å². The van der Waals surface area contributed by atoms with Crippen molar-refractivity contribution >= 4 is 33.0 Å². The molecular weight excluding hydrogens is 356 g/mol. The highest BCUT2D eigenvalue weighted by molar-refractivity contribution is 7.89. The molecule has 0 radical (unpaired) electrons. The summed E-state index contributed by atoms with van der Waals surface area (Å²) in [6.07, 6.45) is 0. The summed E-state index contributed by atoms with van der Waals surface area (Å²) in [5, 5.41) is 3.00. The number of nitrogens with one attached hydrogen (secondary N) is 2. The van der Waals surface area contributed by atoms with E-state index in [1.165, 1.54) is 16.9 Å². The molecule has 0 spiro atoms. The fraction of sp³-hybridized carbons (Fsp3) is 0.353. The van der Waals surface area contributed by atoms with Gasteiger partial charge >= 0.3 is 0 Å². The van der Waals surface area contributed by atoms with Crippen molar-refractivity contribution in [1.29, 1.82) is 0 Å². The maximum atomic E-state index is 12.3. The van der Waals surface area contributed by atoms with Crippen molar-refractivity contribution in [3.05, 3.63) is 45.1 Å². The molecule has 1 heterocycles. The van der Waals surface area contributed by atoms with Crippen LogP contribution < -0.4 is 15.8 Å². The van der Waals surface area contributed by atoms with Crippen LogP contribution in [0, 0.1) is 27.7 Å². The smallest absolute Gasteiger partial charge is 0.241 e. The number of rotatable bonds is 6. The Kier molecular flexibility index (Phi) is 6.21. The average molecular weight is 381 g/mol. The summed E-state index contributed by atoms with van der Waals surface area (Å²) in [5.74, 6) is 0.255. The number of sulfonamides is 1. The molecule has 6 nitrogen and oxygen atoms in total. The topological polar surface area (TPSA) is 96.6 Å². The molecule has 1 aromatic carbocycles. The summed E-state index contributed by atoms with van der Waals surface area (Å²) in [7, 11) is -3.51. The van der Waals surface area contributed by atoms with Crippen LogP contribution in [-0.4, -0.2) is 27.5 Å². The lowest BCUT2D eigenvalue weighted by Gasteiger charge is -2.08. The van der Waals surface area contributed by atoms with E-state index in [0.717, 1.165) is 21.0 Å². The van der Waals surface area contributed by atoms with Crippen LogP contribution in [0.4, 0.5) is 5.69 Å². The number of anilines is 1. The van der Waals surface area contributed by atoms with E-state index in [4.69, 9.17) is 5.73 Å². The van der Waals surface area contributed by atoms with Crippen LogP contribution in [0.3, 0.4) is 0 Å². The zero-order chi connectivity index (χ0) is 18.6. The van der Waals surface area contributed by atoms with Crippen LogP contribution in [-0.2, 0) is 10.0 Å². The molecule has 1 aromatic heterocycles. The van der Waals surface area contributed by atoms with E-state index in [0.29, 0.717) is 4.90 Å². The molecule has 2 rings (SSSR count). The molecule has 0 saturated heterocycles. The highest BCUT2D eigenvalue weighted by Gasteiger charge is 2.18. The first-order valence-corrected chi connectivity index (χ1v) is 10.2. The van der Waals surface area contributed by atoms with Gasteiger partial charge in [0.2, 0.25) is 10.0 Å². The van der Waals surface area contributed by atoms with Gasteiger partial charge in [-0.2, -0.15) is 0 Å².